The normalized spacial score (nSPS) is 23.1. The summed E-state index contributed by atoms with van der Waals surface area (Å²) in [4.78, 5) is 28.1. The lowest BCUT2D eigenvalue weighted by atomic mass is 10.2. The van der Waals surface area contributed by atoms with Gasteiger partial charge in [-0.2, -0.15) is 0 Å². The van der Waals surface area contributed by atoms with Crippen LogP contribution in [0, 0.1) is 0 Å². The lowest BCUT2D eigenvalue weighted by Gasteiger charge is -2.43. The number of rotatable bonds is 3. The fraction of sp³-hybridized carbons (Fsp3) is 0.889. The van der Waals surface area contributed by atoms with E-state index in [1.807, 2.05) is 0 Å². The molecule has 3 saturated heterocycles. The molecule has 3 fully saturated rings. The van der Waals surface area contributed by atoms with Crippen LogP contribution in [0.15, 0.2) is 15.0 Å². The molecule has 0 aliphatic carbocycles. The van der Waals surface area contributed by atoms with E-state index in [1.165, 1.54) is 76.4 Å². The topological polar surface area (TPSA) is 56.5 Å². The van der Waals surface area contributed by atoms with Crippen LogP contribution in [0.2, 0.25) is 0 Å². The minimum absolute atomic E-state index is 0.597. The summed E-state index contributed by atoms with van der Waals surface area (Å²) in [5.74, 6) is 3.74. The maximum absolute atomic E-state index is 4.62. The number of fused-ring (bicyclic) bond motifs is 3. The minimum atomic E-state index is 0.597. The number of hydrogen-bond donors (Lipinski definition) is 0. The Morgan fingerprint density at radius 2 is 0.806 bits per heavy atom. The third kappa shape index (κ3) is 6.20. The van der Waals surface area contributed by atoms with Gasteiger partial charge >= 0.3 is 0 Å². The Morgan fingerprint density at radius 1 is 0.417 bits per heavy atom. The van der Waals surface area contributed by atoms with E-state index in [2.05, 4.69) is 85.9 Å². The fourth-order valence-electron chi connectivity index (χ4n) is 5.86. The van der Waals surface area contributed by atoms with Crippen molar-refractivity contribution in [3.63, 3.8) is 0 Å². The average Bonchev–Trinajstić information content (AvgIpc) is 3.60. The summed E-state index contributed by atoms with van der Waals surface area (Å²) in [5, 5.41) is 0. The van der Waals surface area contributed by atoms with Crippen molar-refractivity contribution in [3.8, 4) is 0 Å². The van der Waals surface area contributed by atoms with Crippen LogP contribution >= 0.6 is 0 Å². The van der Waals surface area contributed by atoms with Gasteiger partial charge in [0, 0.05) is 90.1 Å². The third-order valence-corrected chi connectivity index (χ3v) is 7.84. The van der Waals surface area contributed by atoms with Gasteiger partial charge in [-0.25, -0.2) is 0 Å². The van der Waals surface area contributed by atoms with Gasteiger partial charge in [0.25, 0.3) is 0 Å². The molecule has 0 spiro atoms. The third-order valence-electron chi connectivity index (χ3n) is 7.84. The number of hydrogen-bond acceptors (Lipinski definition) is 9. The molecular weight excluding hydrogens is 450 g/mol. The fourth-order valence-corrected chi connectivity index (χ4v) is 5.86. The van der Waals surface area contributed by atoms with E-state index < -0.39 is 0 Å². The molecule has 0 N–H and O–H groups in total. The standard InChI is InChI=1S/C10H19N3.C9H17N3.C8H15N3/c1-9(2)13-8-4-7-12-6-3-5-11-10(12)13;1-8(2)12-7-6-11-5-3-4-10-9(11)12;1-7(2)11-6-5-10-4-3-9-8(10)11/h9H,3-8H2,1-2H3;8H,3-7H2,1-2H3;7H,3-6H2,1-2H3. The molecule has 0 unspecified atom stereocenters. The van der Waals surface area contributed by atoms with Crippen molar-refractivity contribution >= 4 is 17.9 Å². The first-order valence-electron chi connectivity index (χ1n) is 14.5. The highest BCUT2D eigenvalue weighted by Gasteiger charge is 2.31. The van der Waals surface area contributed by atoms with Crippen molar-refractivity contribution in [1.29, 1.82) is 0 Å². The predicted molar refractivity (Wildman–Crippen MR) is 151 cm³/mol. The van der Waals surface area contributed by atoms with Crippen molar-refractivity contribution < 1.29 is 0 Å². The van der Waals surface area contributed by atoms with Crippen molar-refractivity contribution in [1.82, 2.24) is 29.4 Å². The molecule has 0 aromatic carbocycles. The molecule has 0 saturated carbocycles. The molecule has 0 aromatic heterocycles. The maximum atomic E-state index is 4.62. The molecule has 204 valence electrons. The minimum Gasteiger partial charge on any atom is -0.343 e. The van der Waals surface area contributed by atoms with Crippen LogP contribution in [0.4, 0.5) is 0 Å². The van der Waals surface area contributed by atoms with Gasteiger partial charge in [0.2, 0.25) is 0 Å². The van der Waals surface area contributed by atoms with E-state index in [-0.39, 0.29) is 0 Å². The van der Waals surface area contributed by atoms with Crippen LogP contribution in [0.3, 0.4) is 0 Å². The Morgan fingerprint density at radius 3 is 1.31 bits per heavy atom. The van der Waals surface area contributed by atoms with Crippen LogP contribution in [0.25, 0.3) is 0 Å². The zero-order valence-corrected chi connectivity index (χ0v) is 23.9. The number of nitrogens with zero attached hydrogens (tertiary/aromatic N) is 9. The molecule has 6 aliphatic rings. The summed E-state index contributed by atoms with van der Waals surface area (Å²) in [6.45, 7) is 27.1. The van der Waals surface area contributed by atoms with E-state index in [4.69, 9.17) is 0 Å². The zero-order valence-electron chi connectivity index (χ0n) is 23.9. The molecule has 0 radical (unpaired) electrons. The van der Waals surface area contributed by atoms with Gasteiger partial charge < -0.3 is 29.4 Å². The van der Waals surface area contributed by atoms with E-state index in [1.54, 1.807) is 0 Å². The first-order valence-corrected chi connectivity index (χ1v) is 14.5. The summed E-state index contributed by atoms with van der Waals surface area (Å²) < 4.78 is 0. The SMILES string of the molecule is CC(C)N1CCCN2CCCN=C21.CC(C)N1CCN2CCCN=C21.CC(C)N1CCN2CCN=C21. The van der Waals surface area contributed by atoms with Crippen LogP contribution < -0.4 is 0 Å². The first kappa shape index (κ1) is 26.9. The molecule has 0 atom stereocenters. The molecule has 36 heavy (non-hydrogen) atoms. The van der Waals surface area contributed by atoms with E-state index in [9.17, 15) is 0 Å². The largest absolute Gasteiger partial charge is 0.343 e. The molecule has 0 aromatic rings. The Kier molecular flexibility index (Phi) is 9.23. The second-order valence-electron chi connectivity index (χ2n) is 11.4. The summed E-state index contributed by atoms with van der Waals surface area (Å²) in [5.41, 5.74) is 0. The van der Waals surface area contributed by atoms with Gasteiger partial charge in [-0.1, -0.05) is 0 Å². The van der Waals surface area contributed by atoms with Gasteiger partial charge in [-0.05, 0) is 60.8 Å². The highest BCUT2D eigenvalue weighted by molar-refractivity contribution is 5.84. The Labute approximate surface area is 219 Å². The molecule has 9 heteroatoms. The zero-order chi connectivity index (χ0) is 25.7. The first-order chi connectivity index (χ1) is 17.4. The summed E-state index contributed by atoms with van der Waals surface area (Å²) in [6, 6.07) is 1.81. The van der Waals surface area contributed by atoms with Gasteiger partial charge in [-0.3, -0.25) is 15.0 Å². The predicted octanol–water partition coefficient (Wildman–Crippen LogP) is 2.32. The number of aliphatic imine (C=N–C) groups is 3. The van der Waals surface area contributed by atoms with Crippen molar-refractivity contribution in [2.24, 2.45) is 15.0 Å². The van der Waals surface area contributed by atoms with Gasteiger partial charge in [0.05, 0.1) is 6.54 Å². The van der Waals surface area contributed by atoms with E-state index in [0.717, 1.165) is 39.3 Å². The molecular formula is C27H51N9. The van der Waals surface area contributed by atoms with Crippen LogP contribution in [0.5, 0.6) is 0 Å². The quantitative estimate of drug-likeness (QED) is 0.592. The number of guanidine groups is 3. The lowest BCUT2D eigenvalue weighted by molar-refractivity contribution is 0.216. The molecule has 6 rings (SSSR count). The highest BCUT2D eigenvalue weighted by atomic mass is 15.5. The lowest BCUT2D eigenvalue weighted by Crippen LogP contribution is -2.54. The van der Waals surface area contributed by atoms with Crippen LogP contribution in [-0.2, 0) is 0 Å². The maximum Gasteiger partial charge on any atom is 0.197 e. The second kappa shape index (κ2) is 12.4. The van der Waals surface area contributed by atoms with E-state index >= 15 is 0 Å². The van der Waals surface area contributed by atoms with Gasteiger partial charge in [-0.15, -0.1) is 0 Å². The van der Waals surface area contributed by atoms with Gasteiger partial charge in [0.1, 0.15) is 0 Å². The summed E-state index contributed by atoms with van der Waals surface area (Å²) in [7, 11) is 0. The van der Waals surface area contributed by atoms with Crippen molar-refractivity contribution in [3.05, 3.63) is 0 Å². The molecule has 6 heterocycles. The molecule has 0 bridgehead atoms. The Hall–Kier alpha value is -2.19. The average molecular weight is 502 g/mol. The molecule has 9 nitrogen and oxygen atoms in total. The summed E-state index contributed by atoms with van der Waals surface area (Å²) in [6.07, 6.45) is 3.75. The van der Waals surface area contributed by atoms with Gasteiger partial charge in [0.15, 0.2) is 17.9 Å². The van der Waals surface area contributed by atoms with E-state index in [0.29, 0.717) is 18.1 Å². The molecule has 6 aliphatic heterocycles. The van der Waals surface area contributed by atoms with Crippen molar-refractivity contribution in [2.45, 2.75) is 78.9 Å². The second-order valence-corrected chi connectivity index (χ2v) is 11.4. The molecule has 0 amide bonds. The monoisotopic (exact) mass is 501 g/mol. The van der Waals surface area contributed by atoms with Crippen molar-refractivity contribution in [2.75, 3.05) is 78.5 Å². The Balaban J connectivity index is 0.000000127. The van der Waals surface area contributed by atoms with Crippen LogP contribution in [0.1, 0.15) is 60.8 Å². The smallest absolute Gasteiger partial charge is 0.197 e. The Bertz CT molecular complexity index is 803. The van der Waals surface area contributed by atoms with Crippen LogP contribution in [-0.4, -0.2) is 144 Å². The highest BCUT2D eigenvalue weighted by Crippen LogP contribution is 2.17. The summed E-state index contributed by atoms with van der Waals surface area (Å²) >= 11 is 0.